The summed E-state index contributed by atoms with van der Waals surface area (Å²) in [5, 5.41) is 2.43. The van der Waals surface area contributed by atoms with Gasteiger partial charge in [0, 0.05) is 6.07 Å². The third kappa shape index (κ3) is 2.75. The van der Waals surface area contributed by atoms with E-state index in [2.05, 4.69) is 5.32 Å². The summed E-state index contributed by atoms with van der Waals surface area (Å²) in [6.07, 6.45) is 0. The maximum Gasteiger partial charge on any atom is 0.196 e. The molecule has 0 saturated carbocycles. The summed E-state index contributed by atoms with van der Waals surface area (Å²) in [5.41, 5.74) is 5.54. The highest BCUT2D eigenvalue weighted by molar-refractivity contribution is 14.1. The van der Waals surface area contributed by atoms with Crippen molar-refractivity contribution in [1.29, 1.82) is 0 Å². The number of nitrogens with one attached hydrogen (secondary N) is 1. The van der Waals surface area contributed by atoms with Crippen molar-refractivity contribution in [3.8, 4) is 0 Å². The van der Waals surface area contributed by atoms with E-state index in [0.29, 0.717) is 3.57 Å². The highest BCUT2D eigenvalue weighted by Gasteiger charge is 2.15. The van der Waals surface area contributed by atoms with E-state index in [1.165, 1.54) is 6.07 Å². The first kappa shape index (κ1) is 13.9. The molecule has 0 spiro atoms. The van der Waals surface area contributed by atoms with Gasteiger partial charge in [0.1, 0.15) is 5.82 Å². The van der Waals surface area contributed by atoms with E-state index in [0.717, 1.165) is 18.2 Å². The molecule has 2 nitrogen and oxygen atoms in total. The highest BCUT2D eigenvalue weighted by atomic mass is 127. The first-order chi connectivity index (χ1) is 8.90. The Kier molecular flexibility index (Phi) is 3.83. The predicted octanol–water partition coefficient (Wildman–Crippen LogP) is 4.17. The molecule has 0 aliphatic rings. The summed E-state index contributed by atoms with van der Waals surface area (Å²) < 4.78 is 52.9. The van der Waals surface area contributed by atoms with Gasteiger partial charge in [0.25, 0.3) is 0 Å². The van der Waals surface area contributed by atoms with Gasteiger partial charge in [-0.05, 0) is 40.8 Å². The topological polar surface area (TPSA) is 38.0 Å². The van der Waals surface area contributed by atoms with Crippen molar-refractivity contribution >= 4 is 39.7 Å². The Labute approximate surface area is 119 Å². The zero-order valence-electron chi connectivity index (χ0n) is 9.28. The Morgan fingerprint density at radius 2 is 1.58 bits per heavy atom. The maximum atomic E-state index is 13.4. The zero-order chi connectivity index (χ0) is 14.2. The summed E-state index contributed by atoms with van der Waals surface area (Å²) in [6, 6.07) is 4.16. The summed E-state index contributed by atoms with van der Waals surface area (Å²) >= 11 is 1.75. The number of anilines is 3. The lowest BCUT2D eigenvalue weighted by atomic mass is 10.2. The zero-order valence-corrected chi connectivity index (χ0v) is 11.4. The molecule has 0 bridgehead atoms. The largest absolute Gasteiger partial charge is 0.397 e. The number of rotatable bonds is 2. The quantitative estimate of drug-likeness (QED) is 0.354. The van der Waals surface area contributed by atoms with E-state index >= 15 is 0 Å². The number of benzene rings is 2. The van der Waals surface area contributed by atoms with Crippen molar-refractivity contribution in [3.05, 3.63) is 51.1 Å². The van der Waals surface area contributed by atoms with Crippen LogP contribution in [-0.4, -0.2) is 0 Å². The maximum absolute atomic E-state index is 13.4. The molecule has 0 aliphatic heterocycles. The Bertz CT molecular complexity index is 646. The van der Waals surface area contributed by atoms with Gasteiger partial charge < -0.3 is 11.1 Å². The van der Waals surface area contributed by atoms with E-state index in [-0.39, 0.29) is 17.1 Å². The lowest BCUT2D eigenvalue weighted by molar-refractivity contribution is 0.449. The Hall–Kier alpha value is -1.51. The van der Waals surface area contributed by atoms with Crippen LogP contribution in [0.4, 0.5) is 34.6 Å². The van der Waals surface area contributed by atoms with Gasteiger partial charge in [-0.2, -0.15) is 0 Å². The van der Waals surface area contributed by atoms with Crippen molar-refractivity contribution < 1.29 is 17.6 Å². The third-order valence-electron chi connectivity index (χ3n) is 2.40. The van der Waals surface area contributed by atoms with E-state index in [1.54, 1.807) is 22.6 Å². The van der Waals surface area contributed by atoms with Crippen LogP contribution in [0.15, 0.2) is 24.3 Å². The number of halogens is 5. The van der Waals surface area contributed by atoms with Crippen LogP contribution in [0.5, 0.6) is 0 Å². The third-order valence-corrected chi connectivity index (χ3v) is 3.22. The summed E-state index contributed by atoms with van der Waals surface area (Å²) in [6.45, 7) is 0. The molecular weight excluding hydrogens is 375 g/mol. The molecule has 0 amide bonds. The van der Waals surface area contributed by atoms with E-state index in [1.807, 2.05) is 0 Å². The van der Waals surface area contributed by atoms with Crippen LogP contribution in [0, 0.1) is 26.8 Å². The van der Waals surface area contributed by atoms with E-state index in [9.17, 15) is 17.6 Å². The number of hydrogen-bond donors (Lipinski definition) is 2. The SMILES string of the molecule is Nc1cc(I)c(F)cc1Nc1ccc(F)c(F)c1F. The van der Waals surface area contributed by atoms with Crippen LogP contribution in [0.25, 0.3) is 0 Å². The van der Waals surface area contributed by atoms with Gasteiger partial charge >= 0.3 is 0 Å². The van der Waals surface area contributed by atoms with Gasteiger partial charge in [0.2, 0.25) is 0 Å². The highest BCUT2D eigenvalue weighted by Crippen LogP contribution is 2.29. The number of nitrogen functional groups attached to an aromatic ring is 1. The van der Waals surface area contributed by atoms with Crippen molar-refractivity contribution in [3.63, 3.8) is 0 Å². The lowest BCUT2D eigenvalue weighted by Crippen LogP contribution is -2.02. The van der Waals surface area contributed by atoms with Crippen molar-refractivity contribution in [2.45, 2.75) is 0 Å². The average Bonchev–Trinajstić information content (AvgIpc) is 2.36. The number of hydrogen-bond acceptors (Lipinski definition) is 2. The molecule has 0 saturated heterocycles. The van der Waals surface area contributed by atoms with Crippen LogP contribution >= 0.6 is 22.6 Å². The molecule has 19 heavy (non-hydrogen) atoms. The van der Waals surface area contributed by atoms with Crippen LogP contribution in [0.1, 0.15) is 0 Å². The molecule has 7 heteroatoms. The fourth-order valence-electron chi connectivity index (χ4n) is 1.44. The second kappa shape index (κ2) is 5.24. The smallest absolute Gasteiger partial charge is 0.196 e. The second-order valence-corrected chi connectivity index (χ2v) is 4.86. The standard InChI is InChI=1S/C12H7F4IN2/c13-5-1-2-9(12(16)11(5)15)19-10-3-6(14)7(17)4-8(10)18/h1-4,19H,18H2. The minimum Gasteiger partial charge on any atom is -0.397 e. The molecule has 0 atom stereocenters. The van der Waals surface area contributed by atoms with Gasteiger partial charge in [0.05, 0.1) is 20.6 Å². The number of nitrogens with two attached hydrogens (primary N) is 1. The molecule has 2 aromatic carbocycles. The fraction of sp³-hybridized carbons (Fsp3) is 0. The molecule has 0 fully saturated rings. The first-order valence-corrected chi connectivity index (χ1v) is 6.13. The van der Waals surface area contributed by atoms with Gasteiger partial charge in [-0.3, -0.25) is 0 Å². The summed E-state index contributed by atoms with van der Waals surface area (Å²) in [4.78, 5) is 0. The fourth-order valence-corrected chi connectivity index (χ4v) is 1.93. The molecule has 0 aromatic heterocycles. The van der Waals surface area contributed by atoms with Gasteiger partial charge in [-0.25, -0.2) is 17.6 Å². The van der Waals surface area contributed by atoms with Crippen molar-refractivity contribution in [2.75, 3.05) is 11.1 Å². The monoisotopic (exact) mass is 382 g/mol. The average molecular weight is 382 g/mol. The molecular formula is C12H7F4IN2. The molecule has 0 heterocycles. The minimum atomic E-state index is -1.60. The lowest BCUT2D eigenvalue weighted by Gasteiger charge is -2.11. The molecule has 100 valence electrons. The molecule has 3 N–H and O–H groups in total. The Morgan fingerprint density at radius 3 is 2.26 bits per heavy atom. The van der Waals surface area contributed by atoms with Gasteiger partial charge in [-0.15, -0.1) is 0 Å². The van der Waals surface area contributed by atoms with Crippen molar-refractivity contribution in [1.82, 2.24) is 0 Å². The molecule has 0 aliphatic carbocycles. The Balaban J connectivity index is 2.42. The van der Waals surface area contributed by atoms with Crippen LogP contribution in [-0.2, 0) is 0 Å². The molecule has 2 aromatic rings. The molecule has 0 unspecified atom stereocenters. The summed E-state index contributed by atoms with van der Waals surface area (Å²) in [5.74, 6) is -4.85. The Morgan fingerprint density at radius 1 is 0.895 bits per heavy atom. The van der Waals surface area contributed by atoms with E-state index in [4.69, 9.17) is 5.73 Å². The van der Waals surface area contributed by atoms with E-state index < -0.39 is 23.3 Å². The van der Waals surface area contributed by atoms with Crippen LogP contribution in [0.2, 0.25) is 0 Å². The van der Waals surface area contributed by atoms with Gasteiger partial charge in [0.15, 0.2) is 17.5 Å². The van der Waals surface area contributed by atoms with Crippen LogP contribution < -0.4 is 11.1 Å². The predicted molar refractivity (Wildman–Crippen MR) is 73.1 cm³/mol. The first-order valence-electron chi connectivity index (χ1n) is 5.05. The van der Waals surface area contributed by atoms with Crippen molar-refractivity contribution in [2.24, 2.45) is 0 Å². The summed E-state index contributed by atoms with van der Waals surface area (Å²) in [7, 11) is 0. The molecule has 2 rings (SSSR count). The van der Waals surface area contributed by atoms with Crippen LogP contribution in [0.3, 0.4) is 0 Å². The minimum absolute atomic E-state index is 0.0721. The second-order valence-electron chi connectivity index (χ2n) is 3.70. The van der Waals surface area contributed by atoms with Gasteiger partial charge in [-0.1, -0.05) is 0 Å². The molecule has 0 radical (unpaired) electrons. The normalized spacial score (nSPS) is 10.6.